The maximum absolute atomic E-state index is 13.3. The first kappa shape index (κ1) is 21.1. The van der Waals surface area contributed by atoms with Crippen molar-refractivity contribution in [1.82, 2.24) is 9.97 Å². The number of amides is 1. The number of thiazole rings is 2. The predicted molar refractivity (Wildman–Crippen MR) is 122 cm³/mol. The van der Waals surface area contributed by atoms with Crippen molar-refractivity contribution in [3.05, 3.63) is 39.0 Å². The van der Waals surface area contributed by atoms with Gasteiger partial charge in [0.15, 0.2) is 11.2 Å². The number of aryl methyl sites for hydroxylation is 1. The Morgan fingerprint density at radius 2 is 2.03 bits per heavy atom. The van der Waals surface area contributed by atoms with Crippen molar-refractivity contribution in [3.63, 3.8) is 0 Å². The molecule has 3 aromatic rings. The van der Waals surface area contributed by atoms with E-state index in [4.69, 9.17) is 4.74 Å². The van der Waals surface area contributed by atoms with Crippen LogP contribution in [0.1, 0.15) is 54.4 Å². The van der Waals surface area contributed by atoms with Crippen LogP contribution in [0.2, 0.25) is 0 Å². The maximum atomic E-state index is 13.3. The number of esters is 1. The molecule has 0 aliphatic heterocycles. The molecule has 0 spiro atoms. The van der Waals surface area contributed by atoms with Gasteiger partial charge >= 0.3 is 5.97 Å². The summed E-state index contributed by atoms with van der Waals surface area (Å²) in [6.45, 7) is 3.43. The molecule has 3 aromatic heterocycles. The van der Waals surface area contributed by atoms with Gasteiger partial charge in [0.2, 0.25) is 0 Å². The van der Waals surface area contributed by atoms with E-state index in [1.807, 2.05) is 22.2 Å². The molecule has 158 valence electrons. The third-order valence-electron chi connectivity index (χ3n) is 5.18. The topological polar surface area (TPSA) is 72.4 Å². The van der Waals surface area contributed by atoms with E-state index < -0.39 is 12.1 Å². The SMILES string of the molecule is Cc1nc(-c2ccsc2)sc1C(=O)OC(C)C(=O)N(c1nccs1)C1CCCCC1. The van der Waals surface area contributed by atoms with Gasteiger partial charge in [0.05, 0.1) is 5.69 Å². The molecule has 1 saturated carbocycles. The highest BCUT2D eigenvalue weighted by atomic mass is 32.1. The standard InChI is InChI=1S/C21H23N3O3S3/c1-13-17(30-18(23-13)15-8-10-28-12-15)20(26)27-14(2)19(25)24(21-22-9-11-29-21)16-6-4-3-5-7-16/h8-12,14,16H,3-7H2,1-2H3. The zero-order valence-corrected chi connectivity index (χ0v) is 19.3. The zero-order valence-electron chi connectivity index (χ0n) is 16.9. The van der Waals surface area contributed by atoms with Crippen LogP contribution in [0.3, 0.4) is 0 Å². The smallest absolute Gasteiger partial charge is 0.351 e. The molecule has 30 heavy (non-hydrogen) atoms. The molecular formula is C21H23N3O3S3. The number of nitrogens with zero attached hydrogens (tertiary/aromatic N) is 3. The average Bonchev–Trinajstić information content (AvgIpc) is 3.51. The second kappa shape index (κ2) is 9.36. The van der Waals surface area contributed by atoms with Crippen molar-refractivity contribution in [2.24, 2.45) is 0 Å². The number of anilines is 1. The zero-order chi connectivity index (χ0) is 21.1. The van der Waals surface area contributed by atoms with Crippen LogP contribution < -0.4 is 4.90 Å². The second-order valence-corrected chi connectivity index (χ2v) is 9.96. The Bertz CT molecular complexity index is 992. The third-order valence-corrected chi connectivity index (χ3v) is 7.82. The van der Waals surface area contributed by atoms with Crippen molar-refractivity contribution in [1.29, 1.82) is 0 Å². The number of rotatable bonds is 6. The first-order valence-corrected chi connectivity index (χ1v) is 12.6. The average molecular weight is 462 g/mol. The summed E-state index contributed by atoms with van der Waals surface area (Å²) in [6, 6.07) is 2.08. The van der Waals surface area contributed by atoms with E-state index in [-0.39, 0.29) is 11.9 Å². The highest BCUT2D eigenvalue weighted by molar-refractivity contribution is 7.17. The van der Waals surface area contributed by atoms with E-state index in [2.05, 4.69) is 9.97 Å². The van der Waals surface area contributed by atoms with Gasteiger partial charge in [-0.1, -0.05) is 19.3 Å². The van der Waals surface area contributed by atoms with Gasteiger partial charge in [-0.3, -0.25) is 9.69 Å². The van der Waals surface area contributed by atoms with Crippen LogP contribution in [-0.2, 0) is 9.53 Å². The summed E-state index contributed by atoms with van der Waals surface area (Å²) in [5, 5.41) is 7.29. The van der Waals surface area contributed by atoms with E-state index >= 15 is 0 Å². The number of hydrogen-bond donors (Lipinski definition) is 0. The van der Waals surface area contributed by atoms with Crippen LogP contribution in [0.4, 0.5) is 5.13 Å². The van der Waals surface area contributed by atoms with Gasteiger partial charge < -0.3 is 4.74 Å². The molecular weight excluding hydrogens is 438 g/mol. The number of carbonyl (C=O) groups is 2. The molecule has 1 amide bonds. The minimum absolute atomic E-state index is 0.105. The van der Waals surface area contributed by atoms with E-state index in [1.165, 1.54) is 29.1 Å². The minimum Gasteiger partial charge on any atom is -0.448 e. The molecule has 1 atom stereocenters. The first-order chi connectivity index (χ1) is 14.5. The van der Waals surface area contributed by atoms with Crippen LogP contribution >= 0.6 is 34.0 Å². The predicted octanol–water partition coefficient (Wildman–Crippen LogP) is 5.55. The molecule has 1 aliphatic carbocycles. The summed E-state index contributed by atoms with van der Waals surface area (Å²) in [5.74, 6) is -0.722. The van der Waals surface area contributed by atoms with E-state index in [9.17, 15) is 9.59 Å². The molecule has 6 nitrogen and oxygen atoms in total. The Morgan fingerprint density at radius 1 is 1.23 bits per heavy atom. The molecule has 3 heterocycles. The van der Waals surface area contributed by atoms with Crippen LogP contribution in [0, 0.1) is 6.92 Å². The van der Waals surface area contributed by atoms with Crippen LogP contribution in [0.15, 0.2) is 28.4 Å². The lowest BCUT2D eigenvalue weighted by Crippen LogP contribution is -2.47. The molecule has 0 radical (unpaired) electrons. The molecule has 0 N–H and O–H groups in total. The van der Waals surface area contributed by atoms with Crippen LogP contribution in [0.5, 0.6) is 0 Å². The van der Waals surface area contributed by atoms with E-state index in [0.717, 1.165) is 36.3 Å². The third kappa shape index (κ3) is 4.48. The molecule has 4 rings (SSSR count). The Balaban J connectivity index is 1.50. The number of hydrogen-bond acceptors (Lipinski definition) is 8. The summed E-state index contributed by atoms with van der Waals surface area (Å²) in [5.41, 5.74) is 1.61. The highest BCUT2D eigenvalue weighted by Gasteiger charge is 2.33. The summed E-state index contributed by atoms with van der Waals surface area (Å²) < 4.78 is 5.60. The fourth-order valence-corrected chi connectivity index (χ4v) is 6.04. The lowest BCUT2D eigenvalue weighted by atomic mass is 9.94. The monoisotopic (exact) mass is 461 g/mol. The summed E-state index contributed by atoms with van der Waals surface area (Å²) >= 11 is 4.32. The van der Waals surface area contributed by atoms with Crippen molar-refractivity contribution < 1.29 is 14.3 Å². The molecule has 9 heteroatoms. The van der Waals surface area contributed by atoms with Gasteiger partial charge in [0.25, 0.3) is 5.91 Å². The van der Waals surface area contributed by atoms with Gasteiger partial charge in [-0.05, 0) is 38.1 Å². The van der Waals surface area contributed by atoms with Crippen molar-refractivity contribution in [2.45, 2.75) is 58.1 Å². The van der Waals surface area contributed by atoms with Crippen molar-refractivity contribution >= 4 is 51.0 Å². The Hall–Kier alpha value is -2.10. The van der Waals surface area contributed by atoms with Gasteiger partial charge in [-0.15, -0.1) is 22.7 Å². The molecule has 0 bridgehead atoms. The second-order valence-electron chi connectivity index (χ2n) is 7.31. The van der Waals surface area contributed by atoms with Gasteiger partial charge in [0, 0.05) is 28.6 Å². The first-order valence-electron chi connectivity index (χ1n) is 9.98. The lowest BCUT2D eigenvalue weighted by Gasteiger charge is -2.33. The summed E-state index contributed by atoms with van der Waals surface area (Å²) in [7, 11) is 0. The van der Waals surface area contributed by atoms with Crippen molar-refractivity contribution in [2.75, 3.05) is 4.90 Å². The fraction of sp³-hybridized carbons (Fsp3) is 0.429. The Kier molecular flexibility index (Phi) is 6.60. The molecule has 0 saturated heterocycles. The Morgan fingerprint density at radius 3 is 2.70 bits per heavy atom. The van der Waals surface area contributed by atoms with E-state index in [1.54, 1.807) is 36.3 Å². The van der Waals surface area contributed by atoms with E-state index in [0.29, 0.717) is 15.7 Å². The fourth-order valence-electron chi connectivity index (χ4n) is 3.66. The molecule has 0 aromatic carbocycles. The molecule has 1 aliphatic rings. The molecule has 1 unspecified atom stereocenters. The number of aromatic nitrogens is 2. The minimum atomic E-state index is -0.894. The molecule has 1 fully saturated rings. The Labute approximate surface area is 187 Å². The highest BCUT2D eigenvalue weighted by Crippen LogP contribution is 2.32. The van der Waals surface area contributed by atoms with Crippen LogP contribution in [0.25, 0.3) is 10.6 Å². The number of thiophene rings is 1. The normalized spacial score (nSPS) is 15.7. The van der Waals surface area contributed by atoms with Gasteiger partial charge in [-0.25, -0.2) is 14.8 Å². The lowest BCUT2D eigenvalue weighted by molar-refractivity contribution is -0.127. The number of carbonyl (C=O) groups excluding carboxylic acids is 2. The largest absolute Gasteiger partial charge is 0.448 e. The van der Waals surface area contributed by atoms with Crippen LogP contribution in [-0.4, -0.2) is 34.0 Å². The quantitative estimate of drug-likeness (QED) is 0.450. The van der Waals surface area contributed by atoms with Gasteiger partial charge in [0.1, 0.15) is 9.88 Å². The number of ether oxygens (including phenoxy) is 1. The summed E-state index contributed by atoms with van der Waals surface area (Å²) in [4.78, 5) is 37.1. The van der Waals surface area contributed by atoms with Gasteiger partial charge in [-0.2, -0.15) is 11.3 Å². The summed E-state index contributed by atoms with van der Waals surface area (Å²) in [6.07, 6.45) is 6.09. The maximum Gasteiger partial charge on any atom is 0.351 e. The van der Waals surface area contributed by atoms with Crippen molar-refractivity contribution in [3.8, 4) is 10.6 Å².